The molecule has 0 aliphatic carbocycles. The van der Waals surface area contributed by atoms with Gasteiger partial charge in [0.25, 0.3) is 5.91 Å². The Morgan fingerprint density at radius 1 is 1.47 bits per heavy atom. The Hall–Kier alpha value is -1.45. The van der Waals surface area contributed by atoms with Crippen LogP contribution in [0.15, 0.2) is 6.20 Å². The third-order valence-corrected chi connectivity index (χ3v) is 2.69. The van der Waals surface area contributed by atoms with Crippen molar-refractivity contribution in [2.75, 3.05) is 6.54 Å². The molecule has 2 rings (SSSR count). The highest BCUT2D eigenvalue weighted by atomic mass is 16.2. The normalized spacial score (nSPS) is 15.7. The van der Waals surface area contributed by atoms with Gasteiger partial charge in [0.15, 0.2) is 0 Å². The van der Waals surface area contributed by atoms with E-state index in [1.54, 1.807) is 6.20 Å². The summed E-state index contributed by atoms with van der Waals surface area (Å²) in [4.78, 5) is 22.3. The molecule has 1 aromatic heterocycles. The van der Waals surface area contributed by atoms with Crippen LogP contribution < -0.4 is 0 Å². The van der Waals surface area contributed by atoms with E-state index in [9.17, 15) is 4.79 Å². The molecule has 0 saturated heterocycles. The van der Waals surface area contributed by atoms with E-state index in [1.165, 1.54) is 0 Å². The number of hydrogen-bond donors (Lipinski definition) is 0. The fourth-order valence-electron chi connectivity index (χ4n) is 1.86. The molecule has 0 bridgehead atoms. The van der Waals surface area contributed by atoms with Gasteiger partial charge >= 0.3 is 0 Å². The topological polar surface area (TPSA) is 46.1 Å². The summed E-state index contributed by atoms with van der Waals surface area (Å²) in [6.07, 6.45) is 2.48. The molecule has 15 heavy (non-hydrogen) atoms. The van der Waals surface area contributed by atoms with Crippen LogP contribution in [0.25, 0.3) is 0 Å². The number of aromatic nitrogens is 2. The quantitative estimate of drug-likeness (QED) is 0.692. The number of aryl methyl sites for hydroxylation is 1. The standard InChI is InChI=1S/C11H15N3O/c1-7(2)14-5-4-10-9(11(14)15)6-12-8(3)13-10/h6-7H,4-5H2,1-3H3. The number of fused-ring (bicyclic) bond motifs is 1. The lowest BCUT2D eigenvalue weighted by Crippen LogP contribution is -2.42. The summed E-state index contributed by atoms with van der Waals surface area (Å²) in [6, 6.07) is 0.243. The lowest BCUT2D eigenvalue weighted by Gasteiger charge is -2.31. The van der Waals surface area contributed by atoms with E-state index in [1.807, 2.05) is 25.7 Å². The van der Waals surface area contributed by atoms with Gasteiger partial charge in [-0.15, -0.1) is 0 Å². The van der Waals surface area contributed by atoms with Crippen LogP contribution in [0.5, 0.6) is 0 Å². The summed E-state index contributed by atoms with van der Waals surface area (Å²) in [5, 5.41) is 0. The molecule has 0 spiro atoms. The molecule has 0 N–H and O–H groups in total. The van der Waals surface area contributed by atoms with Crippen LogP contribution in [-0.2, 0) is 6.42 Å². The van der Waals surface area contributed by atoms with Crippen LogP contribution in [0.1, 0.15) is 35.7 Å². The molecule has 4 heteroatoms. The number of hydrogen-bond acceptors (Lipinski definition) is 3. The molecule has 1 aliphatic rings. The van der Waals surface area contributed by atoms with Gasteiger partial charge in [-0.2, -0.15) is 0 Å². The maximum Gasteiger partial charge on any atom is 0.257 e. The first-order valence-corrected chi connectivity index (χ1v) is 5.23. The highest BCUT2D eigenvalue weighted by molar-refractivity contribution is 5.96. The van der Waals surface area contributed by atoms with Crippen molar-refractivity contribution in [3.63, 3.8) is 0 Å². The van der Waals surface area contributed by atoms with Crippen LogP contribution in [0.3, 0.4) is 0 Å². The van der Waals surface area contributed by atoms with Gasteiger partial charge in [-0.3, -0.25) is 4.79 Å². The lowest BCUT2D eigenvalue weighted by atomic mass is 10.1. The summed E-state index contributed by atoms with van der Waals surface area (Å²) >= 11 is 0. The molecule has 0 atom stereocenters. The fourth-order valence-corrected chi connectivity index (χ4v) is 1.86. The van der Waals surface area contributed by atoms with Crippen LogP contribution >= 0.6 is 0 Å². The third kappa shape index (κ3) is 1.71. The Morgan fingerprint density at radius 2 is 2.20 bits per heavy atom. The zero-order valence-electron chi connectivity index (χ0n) is 9.32. The summed E-state index contributed by atoms with van der Waals surface area (Å²) < 4.78 is 0. The monoisotopic (exact) mass is 205 g/mol. The van der Waals surface area contributed by atoms with E-state index >= 15 is 0 Å². The molecular weight excluding hydrogens is 190 g/mol. The van der Waals surface area contributed by atoms with Gasteiger partial charge in [-0.05, 0) is 20.8 Å². The number of amides is 1. The van der Waals surface area contributed by atoms with Crippen molar-refractivity contribution in [2.24, 2.45) is 0 Å². The van der Waals surface area contributed by atoms with E-state index < -0.39 is 0 Å². The van der Waals surface area contributed by atoms with Crippen molar-refractivity contribution in [3.8, 4) is 0 Å². The molecule has 0 fully saturated rings. The number of rotatable bonds is 1. The summed E-state index contributed by atoms with van der Waals surface area (Å²) in [5.41, 5.74) is 1.56. The Labute approximate surface area is 89.3 Å². The van der Waals surface area contributed by atoms with Crippen molar-refractivity contribution in [1.82, 2.24) is 14.9 Å². The highest BCUT2D eigenvalue weighted by Gasteiger charge is 2.27. The van der Waals surface area contributed by atoms with Gasteiger partial charge in [-0.25, -0.2) is 9.97 Å². The SMILES string of the molecule is Cc1ncc2c(n1)CCN(C(C)C)C2=O. The minimum Gasteiger partial charge on any atom is -0.336 e. The Morgan fingerprint density at radius 3 is 2.87 bits per heavy atom. The van der Waals surface area contributed by atoms with Crippen LogP contribution in [-0.4, -0.2) is 33.4 Å². The zero-order chi connectivity index (χ0) is 11.0. The van der Waals surface area contributed by atoms with Crippen LogP contribution in [0, 0.1) is 6.92 Å². The highest BCUT2D eigenvalue weighted by Crippen LogP contribution is 2.18. The predicted octanol–water partition coefficient (Wildman–Crippen LogP) is 1.19. The smallest absolute Gasteiger partial charge is 0.257 e. The maximum atomic E-state index is 12.0. The summed E-state index contributed by atoms with van der Waals surface area (Å²) in [6.45, 7) is 6.66. The van der Waals surface area contributed by atoms with Gasteiger partial charge in [0.1, 0.15) is 5.82 Å². The molecule has 0 unspecified atom stereocenters. The molecule has 1 amide bonds. The second kappa shape index (κ2) is 3.61. The minimum atomic E-state index is 0.0613. The molecule has 0 radical (unpaired) electrons. The van der Waals surface area contributed by atoms with E-state index in [0.29, 0.717) is 5.56 Å². The lowest BCUT2D eigenvalue weighted by molar-refractivity contribution is 0.0685. The minimum absolute atomic E-state index is 0.0613. The second-order valence-electron chi connectivity index (χ2n) is 4.12. The van der Waals surface area contributed by atoms with Crippen LogP contribution in [0.2, 0.25) is 0 Å². The van der Waals surface area contributed by atoms with E-state index in [-0.39, 0.29) is 11.9 Å². The summed E-state index contributed by atoms with van der Waals surface area (Å²) in [7, 11) is 0. The van der Waals surface area contributed by atoms with Crippen molar-refractivity contribution >= 4 is 5.91 Å². The van der Waals surface area contributed by atoms with Crippen molar-refractivity contribution < 1.29 is 4.79 Å². The second-order valence-corrected chi connectivity index (χ2v) is 4.12. The van der Waals surface area contributed by atoms with Gasteiger partial charge in [-0.1, -0.05) is 0 Å². The maximum absolute atomic E-state index is 12.0. The van der Waals surface area contributed by atoms with E-state index in [0.717, 1.165) is 24.5 Å². The Balaban J connectivity index is 2.39. The Kier molecular flexibility index (Phi) is 2.42. The zero-order valence-corrected chi connectivity index (χ0v) is 9.32. The van der Waals surface area contributed by atoms with E-state index in [2.05, 4.69) is 9.97 Å². The van der Waals surface area contributed by atoms with Gasteiger partial charge in [0.2, 0.25) is 0 Å². The first-order chi connectivity index (χ1) is 7.09. The first kappa shape index (κ1) is 10.1. The molecule has 4 nitrogen and oxygen atoms in total. The Bertz CT molecular complexity index is 401. The van der Waals surface area contributed by atoms with Crippen molar-refractivity contribution in [1.29, 1.82) is 0 Å². The number of carbonyl (C=O) groups is 1. The number of carbonyl (C=O) groups excluding carboxylic acids is 1. The van der Waals surface area contributed by atoms with Gasteiger partial charge in [0, 0.05) is 25.2 Å². The first-order valence-electron chi connectivity index (χ1n) is 5.23. The molecule has 1 aliphatic heterocycles. The molecule has 0 saturated carbocycles. The molecular formula is C11H15N3O. The fraction of sp³-hybridized carbons (Fsp3) is 0.545. The largest absolute Gasteiger partial charge is 0.336 e. The van der Waals surface area contributed by atoms with E-state index in [4.69, 9.17) is 0 Å². The van der Waals surface area contributed by atoms with Crippen LogP contribution in [0.4, 0.5) is 0 Å². The predicted molar refractivity (Wildman–Crippen MR) is 56.6 cm³/mol. The molecule has 80 valence electrons. The number of nitrogens with zero attached hydrogens (tertiary/aromatic N) is 3. The average molecular weight is 205 g/mol. The molecule has 1 aromatic rings. The average Bonchev–Trinajstić information content (AvgIpc) is 2.17. The third-order valence-electron chi connectivity index (χ3n) is 2.69. The van der Waals surface area contributed by atoms with Crippen molar-refractivity contribution in [3.05, 3.63) is 23.3 Å². The van der Waals surface area contributed by atoms with Crippen molar-refractivity contribution in [2.45, 2.75) is 33.2 Å². The van der Waals surface area contributed by atoms with Gasteiger partial charge < -0.3 is 4.90 Å². The molecule has 0 aromatic carbocycles. The summed E-state index contributed by atoms with van der Waals surface area (Å²) in [5.74, 6) is 0.797. The molecule has 2 heterocycles. The van der Waals surface area contributed by atoms with Gasteiger partial charge in [0.05, 0.1) is 11.3 Å².